The summed E-state index contributed by atoms with van der Waals surface area (Å²) in [5, 5.41) is 2.96. The van der Waals surface area contributed by atoms with Crippen LogP contribution in [-0.4, -0.2) is 35.8 Å². The number of alkyl halides is 3. The molecule has 0 aliphatic rings. The third-order valence-electron chi connectivity index (χ3n) is 4.45. The predicted octanol–water partition coefficient (Wildman–Crippen LogP) is 2.96. The van der Waals surface area contributed by atoms with E-state index in [1.807, 2.05) is 0 Å². The van der Waals surface area contributed by atoms with E-state index in [0.29, 0.717) is 16.5 Å². The summed E-state index contributed by atoms with van der Waals surface area (Å²) in [7, 11) is 3.42. The summed E-state index contributed by atoms with van der Waals surface area (Å²) in [6.45, 7) is 0.226. The number of H-pyrrole nitrogens is 1. The van der Waals surface area contributed by atoms with Crippen molar-refractivity contribution in [3.05, 3.63) is 75.1 Å². The van der Waals surface area contributed by atoms with Gasteiger partial charge in [0.05, 0.1) is 5.56 Å². The fourth-order valence-electron chi connectivity index (χ4n) is 3.11. The minimum absolute atomic E-state index is 0.147. The van der Waals surface area contributed by atoms with Crippen LogP contribution in [0.1, 0.15) is 31.8 Å². The number of carbonyl (C=O) groups excluding carboxylic acids is 2. The Morgan fingerprint density at radius 2 is 1.81 bits per heavy atom. The van der Waals surface area contributed by atoms with Crippen molar-refractivity contribution < 1.29 is 22.8 Å². The quantitative estimate of drug-likeness (QED) is 0.576. The predicted molar refractivity (Wildman–Crippen MR) is 110 cm³/mol. The average molecular weight is 432 g/mol. The van der Waals surface area contributed by atoms with Gasteiger partial charge in [-0.3, -0.25) is 14.4 Å². The monoisotopic (exact) mass is 432 g/mol. The molecule has 0 radical (unpaired) electrons. The minimum Gasteiger partial charge on any atom is -0.365 e. The number of anilines is 1. The molecule has 0 saturated heterocycles. The molecule has 1 aromatic heterocycles. The lowest BCUT2D eigenvalue weighted by molar-refractivity contribution is -0.137. The lowest BCUT2D eigenvalue weighted by Crippen LogP contribution is -2.23. The van der Waals surface area contributed by atoms with Crippen molar-refractivity contribution in [1.29, 1.82) is 0 Å². The summed E-state index contributed by atoms with van der Waals surface area (Å²) in [6, 6.07) is 8.94. The van der Waals surface area contributed by atoms with E-state index in [0.717, 1.165) is 12.1 Å². The summed E-state index contributed by atoms with van der Waals surface area (Å²) in [6.07, 6.45) is -4.60. The number of hydrogen-bond acceptors (Lipinski definition) is 4. The van der Waals surface area contributed by atoms with Gasteiger partial charge in [-0.15, -0.1) is 0 Å². The van der Waals surface area contributed by atoms with E-state index in [1.54, 1.807) is 19.0 Å². The molecule has 10 heteroatoms. The van der Waals surface area contributed by atoms with Gasteiger partial charge in [-0.2, -0.15) is 13.2 Å². The zero-order valence-corrected chi connectivity index (χ0v) is 16.6. The number of amides is 2. The highest BCUT2D eigenvalue weighted by atomic mass is 19.4. The summed E-state index contributed by atoms with van der Waals surface area (Å²) >= 11 is 0. The van der Waals surface area contributed by atoms with E-state index >= 15 is 0 Å². The van der Waals surface area contributed by atoms with Crippen LogP contribution in [0.25, 0.3) is 10.9 Å². The van der Waals surface area contributed by atoms with Crippen LogP contribution in [0.2, 0.25) is 0 Å². The zero-order valence-electron chi connectivity index (χ0n) is 16.6. The number of primary amides is 1. The van der Waals surface area contributed by atoms with Crippen LogP contribution >= 0.6 is 0 Å². The average Bonchev–Trinajstić information content (AvgIpc) is 2.66. The second kappa shape index (κ2) is 8.23. The normalized spacial score (nSPS) is 11.7. The second-order valence-corrected chi connectivity index (χ2v) is 7.29. The van der Waals surface area contributed by atoms with Gasteiger partial charge in [-0.05, 0) is 62.1 Å². The molecule has 0 atom stereocenters. The van der Waals surface area contributed by atoms with Gasteiger partial charge in [0, 0.05) is 28.7 Å². The van der Waals surface area contributed by atoms with E-state index in [9.17, 15) is 27.6 Å². The Balaban J connectivity index is 1.96. The molecule has 0 spiro atoms. The molecule has 0 unspecified atom stereocenters. The Bertz CT molecular complexity index is 1230. The Hall–Kier alpha value is -3.66. The third kappa shape index (κ3) is 5.10. The van der Waals surface area contributed by atoms with Crippen molar-refractivity contribution in [3.8, 4) is 0 Å². The number of benzene rings is 2. The van der Waals surface area contributed by atoms with Crippen LogP contribution < -0.4 is 16.6 Å². The Morgan fingerprint density at radius 1 is 1.10 bits per heavy atom. The SMILES string of the molecule is CN(C)Cc1cc(C(=O)Nc2ccc3[nH]c(=O)c(C(N)=O)cc3c2)cc(C(F)(F)F)c1. The van der Waals surface area contributed by atoms with Gasteiger partial charge < -0.3 is 20.9 Å². The number of hydrogen-bond donors (Lipinski definition) is 3. The number of pyridine rings is 1. The van der Waals surface area contributed by atoms with Gasteiger partial charge in [0.2, 0.25) is 0 Å². The van der Waals surface area contributed by atoms with Crippen molar-refractivity contribution in [2.45, 2.75) is 12.7 Å². The number of nitrogens with zero attached hydrogens (tertiary/aromatic N) is 1. The summed E-state index contributed by atoms with van der Waals surface area (Å²) < 4.78 is 39.8. The molecule has 0 aliphatic heterocycles. The Morgan fingerprint density at radius 3 is 2.42 bits per heavy atom. The molecule has 3 rings (SSSR count). The van der Waals surface area contributed by atoms with E-state index in [-0.39, 0.29) is 23.4 Å². The highest BCUT2D eigenvalue weighted by molar-refractivity contribution is 6.05. The van der Waals surface area contributed by atoms with E-state index in [2.05, 4.69) is 10.3 Å². The molecule has 3 aromatic rings. The minimum atomic E-state index is -4.60. The number of carbonyl (C=O) groups is 2. The molecule has 1 heterocycles. The largest absolute Gasteiger partial charge is 0.416 e. The Kier molecular flexibility index (Phi) is 5.85. The molecule has 0 saturated carbocycles. The fraction of sp³-hybridized carbons (Fsp3) is 0.190. The first-order valence-electron chi connectivity index (χ1n) is 9.08. The number of nitrogens with two attached hydrogens (primary N) is 1. The summed E-state index contributed by atoms with van der Waals surface area (Å²) in [5.41, 5.74) is 4.23. The number of aromatic amines is 1. The molecule has 2 aromatic carbocycles. The van der Waals surface area contributed by atoms with Gasteiger partial charge in [0.25, 0.3) is 17.4 Å². The lowest BCUT2D eigenvalue weighted by Gasteiger charge is -2.15. The third-order valence-corrected chi connectivity index (χ3v) is 4.45. The topological polar surface area (TPSA) is 108 Å². The second-order valence-electron chi connectivity index (χ2n) is 7.29. The number of rotatable bonds is 5. The number of nitrogens with one attached hydrogen (secondary N) is 2. The van der Waals surface area contributed by atoms with E-state index in [1.165, 1.54) is 30.3 Å². The zero-order chi connectivity index (χ0) is 22.9. The molecule has 0 fully saturated rings. The standard InChI is InChI=1S/C21H19F3N4O3/c1-28(2)10-11-5-13(7-14(6-11)21(22,23)24)19(30)26-15-3-4-17-12(8-15)9-16(18(25)29)20(31)27-17/h3-9H,10H2,1-2H3,(H2,25,29)(H,26,30)(H,27,31). The molecule has 0 aliphatic carbocycles. The van der Waals surface area contributed by atoms with Crippen LogP contribution in [0.5, 0.6) is 0 Å². The van der Waals surface area contributed by atoms with Crippen molar-refractivity contribution in [1.82, 2.24) is 9.88 Å². The van der Waals surface area contributed by atoms with E-state index < -0.39 is 29.1 Å². The molecule has 7 nitrogen and oxygen atoms in total. The molecule has 4 N–H and O–H groups in total. The highest BCUT2D eigenvalue weighted by Gasteiger charge is 2.31. The van der Waals surface area contributed by atoms with Crippen molar-refractivity contribution in [3.63, 3.8) is 0 Å². The first-order valence-corrected chi connectivity index (χ1v) is 9.08. The molecular weight excluding hydrogens is 413 g/mol. The number of halogens is 3. The lowest BCUT2D eigenvalue weighted by atomic mass is 10.0. The van der Waals surface area contributed by atoms with Gasteiger partial charge in [0.1, 0.15) is 5.56 Å². The van der Waals surface area contributed by atoms with Gasteiger partial charge in [-0.1, -0.05) is 0 Å². The molecule has 162 valence electrons. The number of aromatic nitrogens is 1. The highest BCUT2D eigenvalue weighted by Crippen LogP contribution is 2.31. The fourth-order valence-corrected chi connectivity index (χ4v) is 3.11. The van der Waals surface area contributed by atoms with Crippen molar-refractivity contribution in [2.24, 2.45) is 5.73 Å². The van der Waals surface area contributed by atoms with Crippen LogP contribution in [0.4, 0.5) is 18.9 Å². The van der Waals surface area contributed by atoms with Gasteiger partial charge >= 0.3 is 6.18 Å². The van der Waals surface area contributed by atoms with Crippen LogP contribution in [-0.2, 0) is 12.7 Å². The number of fused-ring (bicyclic) bond motifs is 1. The maximum atomic E-state index is 13.3. The molecule has 2 amide bonds. The van der Waals surface area contributed by atoms with E-state index in [4.69, 9.17) is 5.73 Å². The van der Waals surface area contributed by atoms with Gasteiger partial charge in [0.15, 0.2) is 0 Å². The first kappa shape index (κ1) is 22.0. The smallest absolute Gasteiger partial charge is 0.365 e. The van der Waals surface area contributed by atoms with Gasteiger partial charge in [-0.25, -0.2) is 0 Å². The van der Waals surface area contributed by atoms with Crippen LogP contribution in [0.3, 0.4) is 0 Å². The Labute approximate surface area is 174 Å². The van der Waals surface area contributed by atoms with Crippen LogP contribution in [0.15, 0.2) is 47.3 Å². The molecular formula is C21H19F3N4O3. The van der Waals surface area contributed by atoms with Crippen molar-refractivity contribution >= 4 is 28.4 Å². The molecule has 31 heavy (non-hydrogen) atoms. The first-order chi connectivity index (χ1) is 14.4. The van der Waals surface area contributed by atoms with Crippen LogP contribution in [0, 0.1) is 0 Å². The molecule has 0 bridgehead atoms. The summed E-state index contributed by atoms with van der Waals surface area (Å²) in [4.78, 5) is 40.1. The summed E-state index contributed by atoms with van der Waals surface area (Å²) in [5.74, 6) is -1.64. The van der Waals surface area contributed by atoms with Crippen molar-refractivity contribution in [2.75, 3.05) is 19.4 Å². The maximum Gasteiger partial charge on any atom is 0.416 e. The maximum absolute atomic E-state index is 13.3.